The Morgan fingerprint density at radius 2 is 2.17 bits per heavy atom. The van der Waals surface area contributed by atoms with E-state index in [0.29, 0.717) is 11.9 Å². The second-order valence-corrected chi connectivity index (χ2v) is 7.03. The molecule has 2 aliphatic rings. The van der Waals surface area contributed by atoms with Gasteiger partial charge in [0.25, 0.3) is 0 Å². The zero-order chi connectivity index (χ0) is 21.7. The van der Waals surface area contributed by atoms with Crippen molar-refractivity contribution in [1.82, 2.24) is 15.0 Å². The number of carboxylic acids is 1. The van der Waals surface area contributed by atoms with Crippen LogP contribution < -0.4 is 4.74 Å². The number of aromatic nitrogens is 2. The standard InChI is InChI=1S/C17H21N3O3.C2HF3O2/c1-12-9-13(19-23-12)10-20-11-15(17-14(20)5-4-8-21-17)22-16-6-2-3-7-18-16;3-2(4,5)1(6)7/h2-3,6-7,9,14-15,17H,4-5,8,10-11H2,1H3;(H,6,7)/t14-,15-,17+;/m1./s1. The van der Waals surface area contributed by atoms with Gasteiger partial charge in [0.2, 0.25) is 5.88 Å². The van der Waals surface area contributed by atoms with Gasteiger partial charge in [-0.15, -0.1) is 0 Å². The molecule has 0 aliphatic carbocycles. The van der Waals surface area contributed by atoms with Gasteiger partial charge >= 0.3 is 12.1 Å². The molecule has 8 nitrogen and oxygen atoms in total. The number of fused-ring (bicyclic) bond motifs is 1. The normalized spacial score (nSPS) is 23.9. The summed E-state index contributed by atoms with van der Waals surface area (Å²) in [5.74, 6) is -1.26. The lowest BCUT2D eigenvalue weighted by atomic mass is 10.0. The molecule has 2 saturated heterocycles. The lowest BCUT2D eigenvalue weighted by Gasteiger charge is -2.31. The van der Waals surface area contributed by atoms with Crippen LogP contribution in [0.15, 0.2) is 35.0 Å². The van der Waals surface area contributed by atoms with Gasteiger partial charge in [-0.1, -0.05) is 11.2 Å². The van der Waals surface area contributed by atoms with Crippen LogP contribution in [0.5, 0.6) is 5.88 Å². The zero-order valence-corrected chi connectivity index (χ0v) is 16.2. The molecule has 0 aromatic carbocycles. The molecule has 0 saturated carbocycles. The maximum absolute atomic E-state index is 10.6. The predicted octanol–water partition coefficient (Wildman–Crippen LogP) is 2.82. The van der Waals surface area contributed by atoms with E-state index in [4.69, 9.17) is 23.9 Å². The monoisotopic (exact) mass is 429 g/mol. The van der Waals surface area contributed by atoms with Crippen molar-refractivity contribution in [2.45, 2.75) is 50.7 Å². The third-order valence-corrected chi connectivity index (χ3v) is 4.78. The molecule has 0 spiro atoms. The fourth-order valence-electron chi connectivity index (χ4n) is 3.56. The van der Waals surface area contributed by atoms with Crippen LogP contribution in [-0.2, 0) is 16.1 Å². The number of carbonyl (C=O) groups is 1. The molecule has 30 heavy (non-hydrogen) atoms. The third-order valence-electron chi connectivity index (χ3n) is 4.78. The van der Waals surface area contributed by atoms with E-state index in [0.717, 1.165) is 44.0 Å². The first-order chi connectivity index (χ1) is 14.2. The van der Waals surface area contributed by atoms with Crippen LogP contribution in [0.25, 0.3) is 0 Å². The highest BCUT2D eigenvalue weighted by Crippen LogP contribution is 2.32. The van der Waals surface area contributed by atoms with Gasteiger partial charge in [0, 0.05) is 44.1 Å². The number of nitrogens with zero attached hydrogens (tertiary/aromatic N) is 3. The summed E-state index contributed by atoms with van der Waals surface area (Å²) in [6.45, 7) is 4.31. The predicted molar refractivity (Wildman–Crippen MR) is 96.8 cm³/mol. The van der Waals surface area contributed by atoms with E-state index < -0.39 is 12.1 Å². The molecule has 3 atom stereocenters. The molecule has 0 unspecified atom stereocenters. The van der Waals surface area contributed by atoms with Crippen LogP contribution in [0.4, 0.5) is 13.2 Å². The van der Waals surface area contributed by atoms with E-state index in [1.807, 2.05) is 31.2 Å². The van der Waals surface area contributed by atoms with Crippen LogP contribution in [0, 0.1) is 6.92 Å². The fourth-order valence-corrected chi connectivity index (χ4v) is 3.56. The Hall–Kier alpha value is -2.66. The van der Waals surface area contributed by atoms with Gasteiger partial charge in [-0.3, -0.25) is 4.90 Å². The van der Waals surface area contributed by atoms with E-state index in [9.17, 15) is 13.2 Å². The Balaban J connectivity index is 0.000000318. The van der Waals surface area contributed by atoms with E-state index in [-0.39, 0.29) is 12.2 Å². The summed E-state index contributed by atoms with van der Waals surface area (Å²) in [5.41, 5.74) is 0.963. The molecule has 11 heteroatoms. The number of aliphatic carboxylic acids is 1. The minimum absolute atomic E-state index is 0.00296. The van der Waals surface area contributed by atoms with E-state index >= 15 is 0 Å². The van der Waals surface area contributed by atoms with Crippen LogP contribution in [0.2, 0.25) is 0 Å². The van der Waals surface area contributed by atoms with Crippen LogP contribution in [0.1, 0.15) is 24.3 Å². The van der Waals surface area contributed by atoms with Gasteiger partial charge in [0.05, 0.1) is 5.69 Å². The minimum atomic E-state index is -5.08. The Morgan fingerprint density at radius 1 is 1.40 bits per heavy atom. The number of aryl methyl sites for hydroxylation is 1. The third kappa shape index (κ3) is 5.70. The minimum Gasteiger partial charge on any atom is -0.475 e. The van der Waals surface area contributed by atoms with Crippen LogP contribution in [-0.4, -0.2) is 63.7 Å². The second kappa shape index (κ2) is 9.43. The largest absolute Gasteiger partial charge is 0.490 e. The highest BCUT2D eigenvalue weighted by atomic mass is 19.4. The number of pyridine rings is 1. The van der Waals surface area contributed by atoms with Gasteiger partial charge in [0.15, 0.2) is 0 Å². The van der Waals surface area contributed by atoms with Gasteiger partial charge in [-0.05, 0) is 25.8 Å². The average molecular weight is 429 g/mol. The highest BCUT2D eigenvalue weighted by molar-refractivity contribution is 5.73. The van der Waals surface area contributed by atoms with Gasteiger partial charge in [0.1, 0.15) is 18.0 Å². The van der Waals surface area contributed by atoms with E-state index in [2.05, 4.69) is 15.0 Å². The maximum Gasteiger partial charge on any atom is 0.490 e. The lowest BCUT2D eigenvalue weighted by Crippen LogP contribution is -2.42. The SMILES string of the molecule is Cc1cc(CN2C[C@@H](Oc3ccccn3)[C@H]3OCCC[C@H]32)no1.O=C(O)C(F)(F)F. The molecular formula is C19H22F3N3O5. The Kier molecular flexibility index (Phi) is 6.93. The summed E-state index contributed by atoms with van der Waals surface area (Å²) in [6, 6.07) is 8.08. The topological polar surface area (TPSA) is 97.9 Å². The van der Waals surface area contributed by atoms with E-state index in [1.54, 1.807) is 6.20 Å². The molecule has 2 aromatic rings. The molecule has 4 heterocycles. The summed E-state index contributed by atoms with van der Waals surface area (Å²) in [5, 5.41) is 11.2. The van der Waals surface area contributed by atoms with Crippen molar-refractivity contribution in [3.05, 3.63) is 41.9 Å². The number of hydrogen-bond acceptors (Lipinski definition) is 7. The Bertz CT molecular complexity index is 830. The maximum atomic E-state index is 10.6. The van der Waals surface area contributed by atoms with Gasteiger partial charge < -0.3 is 19.1 Å². The van der Waals surface area contributed by atoms with Crippen molar-refractivity contribution in [1.29, 1.82) is 0 Å². The number of rotatable bonds is 4. The van der Waals surface area contributed by atoms with Crippen molar-refractivity contribution < 1.29 is 37.1 Å². The summed E-state index contributed by atoms with van der Waals surface area (Å²) < 4.78 is 49.0. The zero-order valence-electron chi connectivity index (χ0n) is 16.2. The molecule has 2 aliphatic heterocycles. The Morgan fingerprint density at radius 3 is 2.77 bits per heavy atom. The summed E-state index contributed by atoms with van der Waals surface area (Å²) in [4.78, 5) is 15.6. The van der Waals surface area contributed by atoms with Gasteiger partial charge in [-0.25, -0.2) is 9.78 Å². The first-order valence-electron chi connectivity index (χ1n) is 9.39. The molecule has 4 rings (SSSR count). The summed E-state index contributed by atoms with van der Waals surface area (Å²) in [6.07, 6.45) is -1.02. The number of ether oxygens (including phenoxy) is 2. The van der Waals surface area contributed by atoms with Crippen molar-refractivity contribution in [2.24, 2.45) is 0 Å². The van der Waals surface area contributed by atoms with Crippen LogP contribution >= 0.6 is 0 Å². The molecule has 164 valence electrons. The highest BCUT2D eigenvalue weighted by Gasteiger charge is 2.45. The molecule has 0 amide bonds. The van der Waals surface area contributed by atoms with Crippen molar-refractivity contribution >= 4 is 5.97 Å². The molecule has 0 bridgehead atoms. The van der Waals surface area contributed by atoms with Gasteiger partial charge in [-0.2, -0.15) is 13.2 Å². The van der Waals surface area contributed by atoms with Crippen molar-refractivity contribution in [2.75, 3.05) is 13.2 Å². The lowest BCUT2D eigenvalue weighted by molar-refractivity contribution is -0.192. The Labute approximate surface area is 170 Å². The molecule has 2 aromatic heterocycles. The number of likely N-dealkylation sites (tertiary alicyclic amines) is 1. The molecule has 1 N–H and O–H groups in total. The van der Waals surface area contributed by atoms with Crippen molar-refractivity contribution in [3.63, 3.8) is 0 Å². The smallest absolute Gasteiger partial charge is 0.475 e. The molecular weight excluding hydrogens is 407 g/mol. The first-order valence-corrected chi connectivity index (χ1v) is 9.39. The van der Waals surface area contributed by atoms with Crippen molar-refractivity contribution in [3.8, 4) is 5.88 Å². The molecule has 0 radical (unpaired) electrons. The number of halogens is 3. The summed E-state index contributed by atoms with van der Waals surface area (Å²) >= 11 is 0. The first kappa shape index (κ1) is 22.0. The number of alkyl halides is 3. The molecule has 2 fully saturated rings. The quantitative estimate of drug-likeness (QED) is 0.793. The number of carboxylic acid groups (broad SMARTS) is 1. The summed E-state index contributed by atoms with van der Waals surface area (Å²) in [7, 11) is 0. The average Bonchev–Trinajstić information content (AvgIpc) is 3.26. The second-order valence-electron chi connectivity index (χ2n) is 7.03. The van der Waals surface area contributed by atoms with E-state index in [1.165, 1.54) is 0 Å². The fraction of sp³-hybridized carbons (Fsp3) is 0.526. The van der Waals surface area contributed by atoms with Crippen LogP contribution in [0.3, 0.4) is 0 Å². The number of hydrogen-bond donors (Lipinski definition) is 1.